The summed E-state index contributed by atoms with van der Waals surface area (Å²) in [4.78, 5) is 0. The van der Waals surface area contributed by atoms with Crippen molar-refractivity contribution in [2.24, 2.45) is 0 Å². The number of rotatable bonds is 10. The fraction of sp³-hybridized carbons (Fsp3) is 0.684. The van der Waals surface area contributed by atoms with Gasteiger partial charge in [-0.2, -0.15) is 0 Å². The normalized spacial score (nSPS) is 21.3. The van der Waals surface area contributed by atoms with Crippen LogP contribution >= 0.6 is 36.2 Å². The number of hydrogen-bond donors (Lipinski definition) is 0. The number of halogens is 2. The molecule has 0 aromatic carbocycles. The molecule has 0 amide bonds. The molecule has 2 aromatic heterocycles. The molecule has 4 fully saturated rings. The quantitative estimate of drug-likeness (QED) is 0.179. The van der Waals surface area contributed by atoms with Gasteiger partial charge in [0.25, 0.3) is 0 Å². The van der Waals surface area contributed by atoms with E-state index in [0.29, 0.717) is 12.7 Å². The van der Waals surface area contributed by atoms with E-state index < -0.39 is 0 Å². The predicted molar refractivity (Wildman–Crippen MR) is 196 cm³/mol. The summed E-state index contributed by atoms with van der Waals surface area (Å²) >= 11 is 0.569. The van der Waals surface area contributed by atoms with E-state index in [9.17, 15) is 0 Å². The van der Waals surface area contributed by atoms with Crippen LogP contribution in [0.2, 0.25) is 0 Å². The molecule has 4 aliphatic rings. The molecule has 0 bridgehead atoms. The third-order valence-corrected chi connectivity index (χ3v) is 16.9. The molecule has 7 heteroatoms. The number of hydrogen-bond acceptors (Lipinski definition) is 2. The molecule has 6 rings (SSSR count). The monoisotopic (exact) mass is 736 g/mol. The molecule has 256 valence electrons. The molecule has 0 spiro atoms. The van der Waals surface area contributed by atoms with Crippen LogP contribution in [0.5, 0.6) is 0 Å². The van der Waals surface area contributed by atoms with Gasteiger partial charge in [-0.3, -0.25) is 0 Å². The third kappa shape index (κ3) is 14.2. The summed E-state index contributed by atoms with van der Waals surface area (Å²) in [6.07, 6.45) is 40.0. The minimum atomic E-state index is 0.0990. The molecule has 0 N–H and O–H groups in total. The van der Waals surface area contributed by atoms with E-state index in [4.69, 9.17) is 29.2 Å². The van der Waals surface area contributed by atoms with Gasteiger partial charge in [-0.05, 0) is 98.3 Å². The zero-order valence-electron chi connectivity index (χ0n) is 27.4. The Hall–Kier alpha value is -0.0265. The van der Waals surface area contributed by atoms with Crippen molar-refractivity contribution in [3.05, 3.63) is 72.1 Å². The number of furan rings is 2. The fourth-order valence-electron chi connectivity index (χ4n) is 8.04. The van der Waals surface area contributed by atoms with Crippen LogP contribution < -0.4 is 0 Å². The molecule has 4 saturated carbocycles. The van der Waals surface area contributed by atoms with Crippen molar-refractivity contribution in [3.8, 4) is 0 Å². The summed E-state index contributed by atoms with van der Waals surface area (Å²) in [6, 6.07) is 8.17. The summed E-state index contributed by atoms with van der Waals surface area (Å²) < 4.78 is 10.9. The number of allylic oxidation sites excluding steroid dienone is 2. The van der Waals surface area contributed by atoms with Gasteiger partial charge < -0.3 is 8.83 Å². The van der Waals surface area contributed by atoms with E-state index in [0.717, 1.165) is 47.0 Å². The zero-order valence-corrected chi connectivity index (χ0v) is 31.7. The van der Waals surface area contributed by atoms with Crippen LogP contribution in [-0.2, 0) is 25.5 Å². The molecule has 0 radical (unpaired) electrons. The summed E-state index contributed by atoms with van der Waals surface area (Å²) in [7, 11) is 9.60. The molecule has 0 saturated heterocycles. The van der Waals surface area contributed by atoms with Crippen LogP contribution in [0.4, 0.5) is 0 Å². The van der Waals surface area contributed by atoms with Gasteiger partial charge in [0.2, 0.25) is 0 Å². The SMILES string of the molecule is C(=CP(C1CCCCC1)C1CCCCC1)Cc1ccco1.C(=CP(C1CCCCC1)C1CCCCC1)Cc1ccco1.[Cl][Ni][Cl]. The fourth-order valence-corrected chi connectivity index (χ4v) is 14.7. The van der Waals surface area contributed by atoms with Gasteiger partial charge in [0.05, 0.1) is 12.5 Å². The molecule has 0 atom stereocenters. The van der Waals surface area contributed by atoms with Gasteiger partial charge in [-0.1, -0.05) is 117 Å². The van der Waals surface area contributed by atoms with E-state index in [1.807, 2.05) is 12.1 Å². The second-order valence-electron chi connectivity index (χ2n) is 13.4. The van der Waals surface area contributed by atoms with Gasteiger partial charge in [-0.15, -0.1) is 0 Å². The van der Waals surface area contributed by atoms with Crippen molar-refractivity contribution >= 4 is 36.2 Å². The van der Waals surface area contributed by atoms with Gasteiger partial charge in [-0.25, -0.2) is 0 Å². The first-order valence-corrected chi connectivity index (χ1v) is 23.9. The molecule has 0 aliphatic heterocycles. The second kappa shape index (κ2) is 23.3. The van der Waals surface area contributed by atoms with Crippen molar-refractivity contribution < 1.29 is 21.5 Å². The minimum absolute atomic E-state index is 0.0990. The molecular weight excluding hydrogens is 680 g/mol. The van der Waals surface area contributed by atoms with Gasteiger partial charge in [0.1, 0.15) is 11.5 Å². The maximum absolute atomic E-state index is 5.46. The average Bonchev–Trinajstić information content (AvgIpc) is 3.83. The van der Waals surface area contributed by atoms with Gasteiger partial charge >= 0.3 is 33.0 Å². The summed E-state index contributed by atoms with van der Waals surface area (Å²) in [6.45, 7) is 0. The van der Waals surface area contributed by atoms with Crippen LogP contribution in [0.1, 0.15) is 140 Å². The molecular formula is C38H58Cl2NiO2P2. The second-order valence-corrected chi connectivity index (χ2v) is 20.4. The van der Waals surface area contributed by atoms with Crippen molar-refractivity contribution in [1.29, 1.82) is 0 Å². The van der Waals surface area contributed by atoms with Crippen molar-refractivity contribution in [1.82, 2.24) is 0 Å². The third-order valence-electron chi connectivity index (χ3n) is 10.3. The van der Waals surface area contributed by atoms with E-state index in [1.54, 1.807) is 12.5 Å². The Morgan fingerprint density at radius 1 is 0.533 bits per heavy atom. The predicted octanol–water partition coefficient (Wildman–Crippen LogP) is 14.3. The van der Waals surface area contributed by atoms with Crippen molar-refractivity contribution in [2.45, 2.75) is 164 Å². The van der Waals surface area contributed by atoms with Gasteiger partial charge in [0, 0.05) is 12.8 Å². The first-order valence-electron chi connectivity index (χ1n) is 18.0. The maximum atomic E-state index is 5.46. The Bertz CT molecular complexity index is 902. The zero-order chi connectivity index (χ0) is 31.4. The Kier molecular flexibility index (Phi) is 19.6. The Morgan fingerprint density at radius 3 is 1.07 bits per heavy atom. The van der Waals surface area contributed by atoms with Crippen LogP contribution in [0.3, 0.4) is 0 Å². The Labute approximate surface area is 292 Å². The molecule has 4 aliphatic carbocycles. The summed E-state index contributed by atoms with van der Waals surface area (Å²) in [5, 5.41) is 0. The molecule has 0 unspecified atom stereocenters. The van der Waals surface area contributed by atoms with Crippen molar-refractivity contribution in [2.75, 3.05) is 0 Å². The topological polar surface area (TPSA) is 26.3 Å². The van der Waals surface area contributed by atoms with E-state index in [-0.39, 0.29) is 15.8 Å². The standard InChI is InChI=1S/2C19H29OP.2ClH.Ni/c2*1-3-11-18(12-4-1)21(19-13-5-2-6-14-19)16-8-10-17-9-7-15-20-17;;;/h2*7-9,15-16,18-19H,1-6,10-14H2;2*1H;/q;;;;+2/p-2. The Balaban J connectivity index is 0.000000189. The van der Waals surface area contributed by atoms with Crippen LogP contribution in [-0.4, -0.2) is 22.6 Å². The molecule has 2 aromatic rings. The summed E-state index contributed by atoms with van der Waals surface area (Å²) in [5.41, 5.74) is 4.07. The van der Waals surface area contributed by atoms with Crippen LogP contribution in [0.15, 0.2) is 69.4 Å². The Morgan fingerprint density at radius 2 is 0.822 bits per heavy atom. The molecule has 2 nitrogen and oxygen atoms in total. The van der Waals surface area contributed by atoms with Crippen molar-refractivity contribution in [3.63, 3.8) is 0 Å². The van der Waals surface area contributed by atoms with E-state index in [2.05, 4.69) is 35.9 Å². The van der Waals surface area contributed by atoms with Gasteiger partial charge in [0.15, 0.2) is 0 Å². The van der Waals surface area contributed by atoms with E-state index >= 15 is 0 Å². The first-order chi connectivity index (χ1) is 22.3. The van der Waals surface area contributed by atoms with Crippen LogP contribution in [0.25, 0.3) is 0 Å². The van der Waals surface area contributed by atoms with Crippen LogP contribution in [0, 0.1) is 0 Å². The molecule has 2 heterocycles. The summed E-state index contributed by atoms with van der Waals surface area (Å²) in [5.74, 6) is 7.47. The first kappa shape index (κ1) is 37.8. The average molecular weight is 738 g/mol. The molecule has 45 heavy (non-hydrogen) atoms. The van der Waals surface area contributed by atoms with E-state index in [1.165, 1.54) is 128 Å².